The van der Waals surface area contributed by atoms with Crippen molar-refractivity contribution in [3.05, 3.63) is 27.1 Å². The van der Waals surface area contributed by atoms with Crippen molar-refractivity contribution in [1.29, 1.82) is 0 Å². The maximum atomic E-state index is 12.3. The van der Waals surface area contributed by atoms with Gasteiger partial charge in [-0.25, -0.2) is 0 Å². The second kappa shape index (κ2) is 6.92. The summed E-state index contributed by atoms with van der Waals surface area (Å²) in [5, 5.41) is 12.3. The molecular weight excluding hydrogens is 402 g/mol. The molecule has 0 heterocycles. The van der Waals surface area contributed by atoms with E-state index in [1.54, 1.807) is 0 Å². The van der Waals surface area contributed by atoms with Crippen LogP contribution < -0.4 is 5.32 Å². The largest absolute Gasteiger partial charge is 0.481 e. The maximum Gasteiger partial charge on any atom is 0.310 e. The van der Waals surface area contributed by atoms with Crippen LogP contribution in [0.2, 0.25) is 0 Å². The molecule has 1 saturated carbocycles. The van der Waals surface area contributed by atoms with E-state index >= 15 is 0 Å². The van der Waals surface area contributed by atoms with Crippen molar-refractivity contribution in [2.24, 2.45) is 5.41 Å². The maximum absolute atomic E-state index is 12.3. The van der Waals surface area contributed by atoms with Gasteiger partial charge >= 0.3 is 5.97 Å². The number of carboxylic acids is 1. The second-order valence-corrected chi connectivity index (χ2v) is 7.18. The molecule has 1 aliphatic rings. The minimum Gasteiger partial charge on any atom is -0.481 e. The van der Waals surface area contributed by atoms with Crippen molar-refractivity contribution in [3.63, 3.8) is 0 Å². The molecule has 0 aliphatic heterocycles. The molecule has 0 spiro atoms. The van der Waals surface area contributed by atoms with Crippen LogP contribution in [0.25, 0.3) is 0 Å². The highest BCUT2D eigenvalue weighted by Crippen LogP contribution is 2.40. The Morgan fingerprint density at radius 1 is 1.14 bits per heavy atom. The lowest BCUT2D eigenvalue weighted by atomic mass is 9.71. The molecule has 0 radical (unpaired) electrons. The molecule has 1 aromatic rings. The Kier molecular flexibility index (Phi) is 5.43. The summed E-state index contributed by atoms with van der Waals surface area (Å²) >= 11 is 6.76. The van der Waals surface area contributed by atoms with E-state index in [4.69, 9.17) is 0 Å². The summed E-state index contributed by atoms with van der Waals surface area (Å²) in [7, 11) is 0. The Morgan fingerprint density at radius 3 is 2.24 bits per heavy atom. The zero-order valence-electron chi connectivity index (χ0n) is 11.5. The molecule has 1 fully saturated rings. The van der Waals surface area contributed by atoms with Gasteiger partial charge in [0.05, 0.1) is 11.1 Å². The van der Waals surface area contributed by atoms with E-state index in [9.17, 15) is 14.7 Å². The molecule has 0 aromatic heterocycles. The van der Waals surface area contributed by atoms with Gasteiger partial charge in [0.15, 0.2) is 0 Å². The van der Waals surface area contributed by atoms with Crippen LogP contribution in [-0.4, -0.2) is 17.0 Å². The molecular formula is C15H17Br2NO3. The van der Waals surface area contributed by atoms with E-state index in [0.717, 1.165) is 28.2 Å². The molecule has 1 aromatic carbocycles. The average Bonchev–Trinajstić information content (AvgIpc) is 2.44. The molecule has 21 heavy (non-hydrogen) atoms. The third-order valence-electron chi connectivity index (χ3n) is 3.99. The Labute approximate surface area is 140 Å². The van der Waals surface area contributed by atoms with Gasteiger partial charge in [0.2, 0.25) is 5.91 Å². The summed E-state index contributed by atoms with van der Waals surface area (Å²) in [4.78, 5) is 23.9. The van der Waals surface area contributed by atoms with Gasteiger partial charge in [-0.3, -0.25) is 9.59 Å². The number of carboxylic acid groups (broad SMARTS) is 1. The predicted octanol–water partition coefficient (Wildman–Crippen LogP) is 4.58. The number of benzene rings is 1. The normalized spacial score (nSPS) is 17.2. The van der Waals surface area contributed by atoms with Crippen LogP contribution >= 0.6 is 31.9 Å². The third kappa shape index (κ3) is 3.86. The fourth-order valence-electron chi connectivity index (χ4n) is 2.80. The number of hydrogen-bond donors (Lipinski definition) is 2. The number of para-hydroxylation sites is 1. The number of halogens is 2. The van der Waals surface area contributed by atoms with Gasteiger partial charge < -0.3 is 10.4 Å². The fourth-order valence-corrected chi connectivity index (χ4v) is 4.00. The Morgan fingerprint density at radius 2 is 1.71 bits per heavy atom. The van der Waals surface area contributed by atoms with Gasteiger partial charge in [0.25, 0.3) is 0 Å². The van der Waals surface area contributed by atoms with Crippen LogP contribution in [0.5, 0.6) is 0 Å². The molecule has 114 valence electrons. The summed E-state index contributed by atoms with van der Waals surface area (Å²) in [6.07, 6.45) is 3.97. The minimum atomic E-state index is -0.907. The van der Waals surface area contributed by atoms with Gasteiger partial charge in [-0.15, -0.1) is 0 Å². The van der Waals surface area contributed by atoms with Crippen LogP contribution in [0.3, 0.4) is 0 Å². The molecule has 2 rings (SSSR count). The quantitative estimate of drug-likeness (QED) is 0.752. The topological polar surface area (TPSA) is 66.4 Å². The van der Waals surface area contributed by atoms with Crippen molar-refractivity contribution in [3.8, 4) is 0 Å². The molecule has 6 heteroatoms. The van der Waals surface area contributed by atoms with Crippen molar-refractivity contribution in [2.45, 2.75) is 38.5 Å². The summed E-state index contributed by atoms with van der Waals surface area (Å²) in [6, 6.07) is 5.51. The van der Waals surface area contributed by atoms with Gasteiger partial charge in [0.1, 0.15) is 0 Å². The highest BCUT2D eigenvalue weighted by atomic mass is 79.9. The molecule has 1 amide bonds. The first-order valence-corrected chi connectivity index (χ1v) is 8.50. The van der Waals surface area contributed by atoms with Crippen LogP contribution in [-0.2, 0) is 9.59 Å². The van der Waals surface area contributed by atoms with Crippen LogP contribution in [0.15, 0.2) is 27.1 Å². The smallest absolute Gasteiger partial charge is 0.310 e. The van der Waals surface area contributed by atoms with Crippen molar-refractivity contribution < 1.29 is 14.7 Å². The van der Waals surface area contributed by atoms with Crippen LogP contribution in [0.1, 0.15) is 38.5 Å². The van der Waals surface area contributed by atoms with Crippen LogP contribution in [0.4, 0.5) is 5.69 Å². The molecule has 4 nitrogen and oxygen atoms in total. The summed E-state index contributed by atoms with van der Waals surface area (Å²) < 4.78 is 1.52. The van der Waals surface area contributed by atoms with Crippen molar-refractivity contribution in [2.75, 3.05) is 5.32 Å². The Hall–Kier alpha value is -0.880. The Balaban J connectivity index is 2.11. The zero-order valence-corrected chi connectivity index (χ0v) is 14.7. The molecule has 0 saturated heterocycles. The molecule has 0 unspecified atom stereocenters. The Bertz CT molecular complexity index is 534. The summed E-state index contributed by atoms with van der Waals surface area (Å²) in [5.74, 6) is -1.12. The standard InChI is InChI=1S/C15H17Br2NO3/c16-10-5-4-6-11(17)13(10)18-12(19)9-15(14(20)21)7-2-1-3-8-15/h4-6H,1-3,7-9H2,(H,18,19)(H,20,21). The SMILES string of the molecule is O=C(CC1(C(=O)O)CCCCC1)Nc1c(Br)cccc1Br. The average molecular weight is 419 g/mol. The van der Waals surface area contributed by atoms with Gasteiger partial charge in [0, 0.05) is 15.4 Å². The first-order chi connectivity index (χ1) is 9.94. The summed E-state index contributed by atoms with van der Waals surface area (Å²) in [5.41, 5.74) is -0.269. The number of anilines is 1. The van der Waals surface area contributed by atoms with Crippen molar-refractivity contribution >= 4 is 49.4 Å². The lowest BCUT2D eigenvalue weighted by molar-refractivity contribution is -0.153. The number of carbonyl (C=O) groups is 2. The third-order valence-corrected chi connectivity index (χ3v) is 5.31. The number of rotatable bonds is 4. The number of nitrogens with one attached hydrogen (secondary N) is 1. The monoisotopic (exact) mass is 417 g/mol. The highest BCUT2D eigenvalue weighted by molar-refractivity contribution is 9.11. The van der Waals surface area contributed by atoms with Crippen LogP contribution in [0, 0.1) is 5.41 Å². The molecule has 2 N–H and O–H groups in total. The zero-order chi connectivity index (χ0) is 15.5. The number of aliphatic carboxylic acids is 1. The van der Waals surface area contributed by atoms with E-state index in [0.29, 0.717) is 18.5 Å². The van der Waals surface area contributed by atoms with Gasteiger partial charge in [-0.2, -0.15) is 0 Å². The lowest BCUT2D eigenvalue weighted by Gasteiger charge is -2.32. The van der Waals surface area contributed by atoms with Crippen molar-refractivity contribution in [1.82, 2.24) is 0 Å². The second-order valence-electron chi connectivity index (χ2n) is 5.47. The minimum absolute atomic E-state index is 0.0239. The van der Waals surface area contributed by atoms with Gasteiger partial charge in [-0.1, -0.05) is 25.3 Å². The van der Waals surface area contributed by atoms with E-state index in [1.165, 1.54) is 0 Å². The lowest BCUT2D eigenvalue weighted by Crippen LogP contribution is -2.37. The first kappa shape index (κ1) is 16.5. The highest BCUT2D eigenvalue weighted by Gasteiger charge is 2.41. The van der Waals surface area contributed by atoms with E-state index < -0.39 is 11.4 Å². The van der Waals surface area contributed by atoms with Gasteiger partial charge in [-0.05, 0) is 56.8 Å². The number of amides is 1. The molecule has 0 atom stereocenters. The molecule has 1 aliphatic carbocycles. The van der Waals surface area contributed by atoms with E-state index in [2.05, 4.69) is 37.2 Å². The molecule has 0 bridgehead atoms. The predicted molar refractivity (Wildman–Crippen MR) is 88.2 cm³/mol. The number of hydrogen-bond acceptors (Lipinski definition) is 2. The number of carbonyl (C=O) groups excluding carboxylic acids is 1. The summed E-state index contributed by atoms with van der Waals surface area (Å²) in [6.45, 7) is 0. The van der Waals surface area contributed by atoms with E-state index in [-0.39, 0.29) is 12.3 Å². The fraction of sp³-hybridized carbons (Fsp3) is 0.467. The first-order valence-electron chi connectivity index (χ1n) is 6.92. The van der Waals surface area contributed by atoms with E-state index in [1.807, 2.05) is 18.2 Å².